The second kappa shape index (κ2) is 7.42. The average molecular weight is 337 g/mol. The molecule has 24 heavy (non-hydrogen) atoms. The summed E-state index contributed by atoms with van der Waals surface area (Å²) in [7, 11) is 0. The van der Waals surface area contributed by atoms with E-state index in [0.717, 1.165) is 25.7 Å². The third-order valence-electron chi connectivity index (χ3n) is 6.11. The Balaban J connectivity index is 1.60. The molecule has 0 aromatic rings. The molecule has 2 aliphatic carbocycles. The van der Waals surface area contributed by atoms with Gasteiger partial charge in [-0.25, -0.2) is 0 Å². The number of rotatable bonds is 6. The molecule has 3 rings (SSSR count). The molecule has 3 fully saturated rings. The van der Waals surface area contributed by atoms with Gasteiger partial charge in [0.2, 0.25) is 0 Å². The van der Waals surface area contributed by atoms with E-state index in [1.165, 1.54) is 12.8 Å². The highest BCUT2D eigenvalue weighted by Crippen LogP contribution is 2.44. The Kier molecular flexibility index (Phi) is 5.48. The molecule has 1 amide bonds. The van der Waals surface area contributed by atoms with Crippen molar-refractivity contribution in [2.75, 3.05) is 13.1 Å². The van der Waals surface area contributed by atoms with Gasteiger partial charge in [-0.05, 0) is 49.9 Å². The molecule has 5 nitrogen and oxygen atoms in total. The summed E-state index contributed by atoms with van der Waals surface area (Å²) < 4.78 is 6.15. The molecule has 0 radical (unpaired) electrons. The van der Waals surface area contributed by atoms with Crippen LogP contribution in [-0.4, -0.2) is 47.2 Å². The molecule has 5 heteroatoms. The Labute approximate surface area is 144 Å². The van der Waals surface area contributed by atoms with Crippen LogP contribution in [0.2, 0.25) is 0 Å². The van der Waals surface area contributed by atoms with Crippen LogP contribution < -0.4 is 0 Å². The molecule has 0 spiro atoms. The summed E-state index contributed by atoms with van der Waals surface area (Å²) >= 11 is 0. The number of amides is 1. The Morgan fingerprint density at radius 2 is 1.96 bits per heavy atom. The molecule has 0 aromatic carbocycles. The smallest absolute Gasteiger partial charge is 0.308 e. The summed E-state index contributed by atoms with van der Waals surface area (Å²) in [5, 5.41) is 9.48. The van der Waals surface area contributed by atoms with Gasteiger partial charge in [-0.1, -0.05) is 26.7 Å². The Hall–Kier alpha value is -1.10. The number of carbonyl (C=O) groups excluding carboxylic acids is 1. The lowest BCUT2D eigenvalue weighted by molar-refractivity contribution is -0.149. The average Bonchev–Trinajstić information content (AvgIpc) is 3.30. The number of hydrogen-bond acceptors (Lipinski definition) is 3. The van der Waals surface area contributed by atoms with Gasteiger partial charge in [0.1, 0.15) is 6.10 Å². The van der Waals surface area contributed by atoms with E-state index in [2.05, 4.69) is 6.92 Å². The summed E-state index contributed by atoms with van der Waals surface area (Å²) in [4.78, 5) is 26.2. The van der Waals surface area contributed by atoms with Gasteiger partial charge in [0, 0.05) is 13.1 Å². The number of aliphatic carboxylic acids is 1. The summed E-state index contributed by atoms with van der Waals surface area (Å²) in [6, 6.07) is 0. The van der Waals surface area contributed by atoms with Crippen LogP contribution in [0.15, 0.2) is 0 Å². The maximum absolute atomic E-state index is 12.9. The van der Waals surface area contributed by atoms with Crippen molar-refractivity contribution in [1.29, 1.82) is 0 Å². The molecule has 136 valence electrons. The van der Waals surface area contributed by atoms with Crippen LogP contribution in [0, 0.1) is 23.7 Å². The number of carbonyl (C=O) groups is 2. The monoisotopic (exact) mass is 337 g/mol. The van der Waals surface area contributed by atoms with Crippen LogP contribution in [0.25, 0.3) is 0 Å². The van der Waals surface area contributed by atoms with Crippen molar-refractivity contribution in [3.63, 3.8) is 0 Å². The molecule has 0 bridgehead atoms. The molecule has 1 N–H and O–H groups in total. The molecular formula is C19H31NO4. The minimum atomic E-state index is -0.753. The highest BCUT2D eigenvalue weighted by molar-refractivity contribution is 5.82. The van der Waals surface area contributed by atoms with Gasteiger partial charge in [0.15, 0.2) is 0 Å². The molecule has 2 saturated carbocycles. The summed E-state index contributed by atoms with van der Waals surface area (Å²) in [5.41, 5.74) is 0. The molecule has 1 heterocycles. The maximum Gasteiger partial charge on any atom is 0.308 e. The molecule has 0 aromatic heterocycles. The second-order valence-electron chi connectivity index (χ2n) is 8.12. The van der Waals surface area contributed by atoms with Crippen LogP contribution in [0.1, 0.15) is 58.8 Å². The quantitative estimate of drug-likeness (QED) is 0.809. The van der Waals surface area contributed by atoms with Gasteiger partial charge < -0.3 is 14.7 Å². The predicted octanol–water partition coefficient (Wildman–Crippen LogP) is 2.93. The summed E-state index contributed by atoms with van der Waals surface area (Å²) in [6.07, 6.45) is 7.15. The van der Waals surface area contributed by atoms with Crippen molar-refractivity contribution in [2.24, 2.45) is 23.7 Å². The minimum absolute atomic E-state index is 0.00475. The lowest BCUT2D eigenvalue weighted by atomic mass is 9.88. The highest BCUT2D eigenvalue weighted by atomic mass is 16.5. The van der Waals surface area contributed by atoms with Crippen molar-refractivity contribution < 1.29 is 19.4 Å². The number of ether oxygens (including phenoxy) is 1. The first-order chi connectivity index (χ1) is 11.5. The number of hydrogen-bond donors (Lipinski definition) is 1. The van der Waals surface area contributed by atoms with E-state index < -0.39 is 18.0 Å². The van der Waals surface area contributed by atoms with E-state index in [9.17, 15) is 14.7 Å². The van der Waals surface area contributed by atoms with Gasteiger partial charge in [-0.3, -0.25) is 9.59 Å². The molecule has 1 saturated heterocycles. The van der Waals surface area contributed by atoms with Gasteiger partial charge in [0.25, 0.3) is 5.91 Å². The number of nitrogens with zero attached hydrogens (tertiary/aromatic N) is 1. The van der Waals surface area contributed by atoms with Crippen molar-refractivity contribution in [1.82, 2.24) is 4.90 Å². The first kappa shape index (κ1) is 17.7. The van der Waals surface area contributed by atoms with Crippen LogP contribution in [-0.2, 0) is 14.3 Å². The van der Waals surface area contributed by atoms with E-state index in [1.807, 2.05) is 6.92 Å². The van der Waals surface area contributed by atoms with E-state index in [-0.39, 0.29) is 17.9 Å². The third-order valence-corrected chi connectivity index (χ3v) is 6.11. The van der Waals surface area contributed by atoms with Gasteiger partial charge in [-0.2, -0.15) is 0 Å². The third kappa shape index (κ3) is 3.93. The van der Waals surface area contributed by atoms with Crippen LogP contribution >= 0.6 is 0 Å². The van der Waals surface area contributed by atoms with Crippen LogP contribution in [0.4, 0.5) is 0 Å². The van der Waals surface area contributed by atoms with Crippen LogP contribution in [0.5, 0.6) is 0 Å². The predicted molar refractivity (Wildman–Crippen MR) is 90.5 cm³/mol. The fourth-order valence-corrected chi connectivity index (χ4v) is 4.54. The number of likely N-dealkylation sites (tertiary alicyclic amines) is 1. The Morgan fingerprint density at radius 1 is 1.21 bits per heavy atom. The zero-order valence-corrected chi connectivity index (χ0v) is 14.9. The topological polar surface area (TPSA) is 66.8 Å². The van der Waals surface area contributed by atoms with Crippen molar-refractivity contribution >= 4 is 11.9 Å². The van der Waals surface area contributed by atoms with Gasteiger partial charge in [0.05, 0.1) is 12.0 Å². The van der Waals surface area contributed by atoms with Crippen molar-refractivity contribution in [3.8, 4) is 0 Å². The highest BCUT2D eigenvalue weighted by Gasteiger charge is 2.47. The first-order valence-electron chi connectivity index (χ1n) is 9.66. The molecule has 5 atom stereocenters. The van der Waals surface area contributed by atoms with E-state index >= 15 is 0 Å². The molecule has 3 unspecified atom stereocenters. The second-order valence-corrected chi connectivity index (χ2v) is 8.12. The van der Waals surface area contributed by atoms with Crippen molar-refractivity contribution in [3.05, 3.63) is 0 Å². The van der Waals surface area contributed by atoms with Crippen LogP contribution in [0.3, 0.4) is 0 Å². The number of carboxylic acid groups (broad SMARTS) is 1. The Morgan fingerprint density at radius 3 is 2.54 bits per heavy atom. The fourth-order valence-electron chi connectivity index (χ4n) is 4.54. The lowest BCUT2D eigenvalue weighted by Crippen LogP contribution is -2.41. The standard InChI is InChI=1S/C19H31NO4/c1-3-17(24-14-6-4-5-12(2)9-14)18(21)20-10-15(13-7-8-13)16(11-20)19(22)23/h12-17H,3-11H2,1-2H3,(H,22,23)/t12?,14?,15-,16+,17?/m1/s1. The fraction of sp³-hybridized carbons (Fsp3) is 0.895. The van der Waals surface area contributed by atoms with E-state index in [1.54, 1.807) is 4.90 Å². The minimum Gasteiger partial charge on any atom is -0.481 e. The number of carboxylic acids is 1. The summed E-state index contributed by atoms with van der Waals surface area (Å²) in [6.45, 7) is 5.19. The van der Waals surface area contributed by atoms with Gasteiger partial charge >= 0.3 is 5.97 Å². The zero-order valence-electron chi connectivity index (χ0n) is 14.9. The zero-order chi connectivity index (χ0) is 17.3. The van der Waals surface area contributed by atoms with E-state index in [0.29, 0.717) is 31.3 Å². The van der Waals surface area contributed by atoms with Gasteiger partial charge in [-0.15, -0.1) is 0 Å². The molecule has 1 aliphatic heterocycles. The molecular weight excluding hydrogens is 306 g/mol. The normalized spacial score (nSPS) is 35.0. The first-order valence-corrected chi connectivity index (χ1v) is 9.66. The van der Waals surface area contributed by atoms with E-state index in [4.69, 9.17) is 4.74 Å². The molecule has 3 aliphatic rings. The Bertz CT molecular complexity index is 476. The summed E-state index contributed by atoms with van der Waals surface area (Å²) in [5.74, 6) is 0.164. The van der Waals surface area contributed by atoms with Crippen molar-refractivity contribution in [2.45, 2.75) is 71.0 Å². The maximum atomic E-state index is 12.9. The lowest BCUT2D eigenvalue weighted by Gasteiger charge is -2.31. The largest absolute Gasteiger partial charge is 0.481 e. The SMILES string of the molecule is CCC(OC1CCCC(C)C1)C(=O)N1C[C@H](C(=O)O)[C@@H](C2CC2)C1.